The number of carbonyl (C=O) groups is 1. The summed E-state index contributed by atoms with van der Waals surface area (Å²) < 4.78 is 7.26. The number of rotatable bonds is 5. The highest BCUT2D eigenvalue weighted by molar-refractivity contribution is 6.00. The molecule has 0 aliphatic heterocycles. The first-order chi connectivity index (χ1) is 11.6. The second kappa shape index (κ2) is 6.91. The van der Waals surface area contributed by atoms with E-state index in [-0.39, 0.29) is 18.0 Å². The van der Waals surface area contributed by atoms with E-state index in [0.29, 0.717) is 11.6 Å². The average molecular weight is 323 g/mol. The van der Waals surface area contributed by atoms with Crippen molar-refractivity contribution in [1.82, 2.24) is 20.0 Å². The Bertz CT molecular complexity index is 849. The van der Waals surface area contributed by atoms with E-state index >= 15 is 0 Å². The Morgan fingerprint density at radius 2 is 2.00 bits per heavy atom. The second-order valence-electron chi connectivity index (χ2n) is 5.40. The number of benzene rings is 1. The molecule has 7 heteroatoms. The van der Waals surface area contributed by atoms with Gasteiger partial charge in [0.05, 0.1) is 0 Å². The fourth-order valence-corrected chi connectivity index (χ4v) is 2.16. The molecule has 3 aromatic rings. The van der Waals surface area contributed by atoms with Crippen LogP contribution in [0.15, 0.2) is 53.1 Å². The van der Waals surface area contributed by atoms with Crippen LogP contribution in [0.2, 0.25) is 0 Å². The van der Waals surface area contributed by atoms with Gasteiger partial charge >= 0.3 is 6.01 Å². The van der Waals surface area contributed by atoms with Crippen LogP contribution in [0.4, 0.5) is 6.01 Å². The maximum Gasteiger partial charge on any atom is 0.322 e. The van der Waals surface area contributed by atoms with Gasteiger partial charge < -0.3 is 4.42 Å². The van der Waals surface area contributed by atoms with Crippen LogP contribution in [0.25, 0.3) is 17.7 Å². The normalized spacial score (nSPS) is 11.3. The molecule has 0 radical (unpaired) electrons. The van der Waals surface area contributed by atoms with Crippen LogP contribution in [0.5, 0.6) is 0 Å². The van der Waals surface area contributed by atoms with Crippen LogP contribution < -0.4 is 5.32 Å². The lowest BCUT2D eigenvalue weighted by Gasteiger charge is -2.07. The van der Waals surface area contributed by atoms with Crippen molar-refractivity contribution in [2.24, 2.45) is 0 Å². The molecule has 1 aromatic carbocycles. The predicted octanol–water partition coefficient (Wildman–Crippen LogP) is 3.17. The van der Waals surface area contributed by atoms with Crippen LogP contribution in [0, 0.1) is 0 Å². The standard InChI is InChI=1S/C17H17N5O2/c1-12(2)22-14(10-11-18-22)16-20-21-17(24-16)19-15(23)9-8-13-6-4-3-5-7-13/h3-12H,1-2H3,(H,19,21,23). The minimum Gasteiger partial charge on any atom is -0.401 e. The first-order valence-corrected chi connectivity index (χ1v) is 7.55. The van der Waals surface area contributed by atoms with Crippen LogP contribution in [0.3, 0.4) is 0 Å². The quantitative estimate of drug-likeness (QED) is 0.729. The maximum atomic E-state index is 11.9. The first-order valence-electron chi connectivity index (χ1n) is 7.55. The van der Waals surface area contributed by atoms with E-state index in [0.717, 1.165) is 5.56 Å². The summed E-state index contributed by atoms with van der Waals surface area (Å²) in [6.45, 7) is 4.01. The number of aromatic nitrogens is 4. The molecule has 3 rings (SSSR count). The monoisotopic (exact) mass is 323 g/mol. The zero-order valence-electron chi connectivity index (χ0n) is 13.4. The van der Waals surface area contributed by atoms with Gasteiger partial charge in [0.15, 0.2) is 0 Å². The van der Waals surface area contributed by atoms with Crippen molar-refractivity contribution in [3.8, 4) is 11.6 Å². The van der Waals surface area contributed by atoms with Crippen LogP contribution in [-0.4, -0.2) is 25.9 Å². The Labute approximate surface area is 139 Å². The zero-order chi connectivity index (χ0) is 16.9. The second-order valence-corrected chi connectivity index (χ2v) is 5.40. The van der Waals surface area contributed by atoms with Crippen molar-refractivity contribution >= 4 is 18.0 Å². The van der Waals surface area contributed by atoms with Crippen molar-refractivity contribution in [3.05, 3.63) is 54.2 Å². The van der Waals surface area contributed by atoms with E-state index in [1.165, 1.54) is 6.08 Å². The van der Waals surface area contributed by atoms with Crippen molar-refractivity contribution in [2.45, 2.75) is 19.9 Å². The zero-order valence-corrected chi connectivity index (χ0v) is 13.4. The van der Waals surface area contributed by atoms with Gasteiger partial charge in [0.2, 0.25) is 0 Å². The van der Waals surface area contributed by atoms with Gasteiger partial charge in [0.1, 0.15) is 5.69 Å². The van der Waals surface area contributed by atoms with Gasteiger partial charge in [-0.2, -0.15) is 5.10 Å². The maximum absolute atomic E-state index is 11.9. The lowest BCUT2D eigenvalue weighted by molar-refractivity contribution is -0.112. The summed E-state index contributed by atoms with van der Waals surface area (Å²) in [6.07, 6.45) is 4.79. The molecule has 1 N–H and O–H groups in total. The largest absolute Gasteiger partial charge is 0.401 e. The molecule has 0 unspecified atom stereocenters. The molecule has 0 saturated carbocycles. The van der Waals surface area contributed by atoms with E-state index in [9.17, 15) is 4.79 Å². The molecule has 2 aromatic heterocycles. The number of hydrogen-bond donors (Lipinski definition) is 1. The number of anilines is 1. The fraction of sp³-hybridized carbons (Fsp3) is 0.176. The SMILES string of the molecule is CC(C)n1nccc1-c1nnc(NC(=O)C=Cc2ccccc2)o1. The Kier molecular flexibility index (Phi) is 4.51. The molecule has 0 aliphatic rings. The Hall–Kier alpha value is -3.22. The van der Waals surface area contributed by atoms with Crippen LogP contribution in [-0.2, 0) is 4.79 Å². The third-order valence-corrected chi connectivity index (χ3v) is 3.26. The number of nitrogens with zero attached hydrogens (tertiary/aromatic N) is 4. The molecular formula is C17H17N5O2. The van der Waals surface area contributed by atoms with Gasteiger partial charge in [-0.05, 0) is 31.6 Å². The van der Waals surface area contributed by atoms with Gasteiger partial charge in [-0.15, -0.1) is 5.10 Å². The number of hydrogen-bond acceptors (Lipinski definition) is 5. The average Bonchev–Trinajstić information content (AvgIpc) is 3.22. The highest BCUT2D eigenvalue weighted by Gasteiger charge is 2.15. The molecule has 0 atom stereocenters. The summed E-state index contributed by atoms with van der Waals surface area (Å²) in [5.74, 6) is -0.0324. The van der Waals surface area contributed by atoms with E-state index in [2.05, 4.69) is 20.6 Å². The summed E-state index contributed by atoms with van der Waals surface area (Å²) in [7, 11) is 0. The number of carbonyl (C=O) groups excluding carboxylic acids is 1. The summed E-state index contributed by atoms with van der Waals surface area (Å²) in [6, 6.07) is 11.5. The number of amides is 1. The molecule has 0 bridgehead atoms. The third-order valence-electron chi connectivity index (χ3n) is 3.26. The summed E-state index contributed by atoms with van der Waals surface area (Å²) in [5, 5.41) is 14.6. The minimum absolute atomic E-state index is 0.0456. The molecule has 0 spiro atoms. The molecule has 0 aliphatic carbocycles. The molecule has 7 nitrogen and oxygen atoms in total. The number of nitrogens with one attached hydrogen (secondary N) is 1. The Balaban J connectivity index is 1.69. The molecule has 24 heavy (non-hydrogen) atoms. The third kappa shape index (κ3) is 3.57. The molecular weight excluding hydrogens is 306 g/mol. The van der Waals surface area contributed by atoms with Gasteiger partial charge in [0.25, 0.3) is 11.8 Å². The smallest absolute Gasteiger partial charge is 0.322 e. The Morgan fingerprint density at radius 1 is 1.21 bits per heavy atom. The van der Waals surface area contributed by atoms with E-state index in [1.807, 2.05) is 44.2 Å². The molecule has 1 amide bonds. The van der Waals surface area contributed by atoms with Crippen molar-refractivity contribution in [1.29, 1.82) is 0 Å². The topological polar surface area (TPSA) is 85.8 Å². The van der Waals surface area contributed by atoms with Crippen LogP contribution in [0.1, 0.15) is 25.5 Å². The van der Waals surface area contributed by atoms with Gasteiger partial charge in [0, 0.05) is 18.3 Å². The predicted molar refractivity (Wildman–Crippen MR) is 90.0 cm³/mol. The summed E-state index contributed by atoms with van der Waals surface area (Å²) >= 11 is 0. The van der Waals surface area contributed by atoms with Crippen molar-refractivity contribution < 1.29 is 9.21 Å². The van der Waals surface area contributed by atoms with E-state index in [1.54, 1.807) is 23.0 Å². The summed E-state index contributed by atoms with van der Waals surface area (Å²) in [4.78, 5) is 11.9. The Morgan fingerprint density at radius 3 is 2.75 bits per heavy atom. The molecule has 0 saturated heterocycles. The van der Waals surface area contributed by atoms with Crippen molar-refractivity contribution in [3.63, 3.8) is 0 Å². The molecule has 0 fully saturated rings. The lowest BCUT2D eigenvalue weighted by atomic mass is 10.2. The first kappa shape index (κ1) is 15.7. The van der Waals surface area contributed by atoms with Gasteiger partial charge in [-0.1, -0.05) is 35.4 Å². The molecule has 122 valence electrons. The van der Waals surface area contributed by atoms with Gasteiger partial charge in [-0.25, -0.2) is 0 Å². The summed E-state index contributed by atoms with van der Waals surface area (Å²) in [5.41, 5.74) is 1.64. The van der Waals surface area contributed by atoms with E-state index in [4.69, 9.17) is 4.42 Å². The highest BCUT2D eigenvalue weighted by Crippen LogP contribution is 2.22. The highest BCUT2D eigenvalue weighted by atomic mass is 16.4. The lowest BCUT2D eigenvalue weighted by Crippen LogP contribution is -2.07. The van der Waals surface area contributed by atoms with Crippen LogP contribution >= 0.6 is 0 Å². The van der Waals surface area contributed by atoms with E-state index < -0.39 is 0 Å². The molecule has 2 heterocycles. The fourth-order valence-electron chi connectivity index (χ4n) is 2.16. The minimum atomic E-state index is -0.341. The van der Waals surface area contributed by atoms with Crippen molar-refractivity contribution in [2.75, 3.05) is 5.32 Å². The van der Waals surface area contributed by atoms with Gasteiger partial charge in [-0.3, -0.25) is 14.8 Å².